The van der Waals surface area contributed by atoms with Crippen molar-refractivity contribution in [3.63, 3.8) is 0 Å². The predicted molar refractivity (Wildman–Crippen MR) is 114 cm³/mol. The van der Waals surface area contributed by atoms with E-state index < -0.39 is 9.84 Å². The van der Waals surface area contributed by atoms with Gasteiger partial charge in [-0.15, -0.1) is 0 Å². The van der Waals surface area contributed by atoms with E-state index >= 15 is 0 Å². The molecule has 0 fully saturated rings. The molecule has 1 aromatic carbocycles. The summed E-state index contributed by atoms with van der Waals surface area (Å²) in [4.78, 5) is 12.4. The Morgan fingerprint density at radius 1 is 1.04 bits per heavy atom. The van der Waals surface area contributed by atoms with E-state index in [-0.39, 0.29) is 5.16 Å². The Labute approximate surface area is 166 Å². The summed E-state index contributed by atoms with van der Waals surface area (Å²) in [5.74, 6) is 0.562. The number of nitrogens with zero attached hydrogens (tertiary/aromatic N) is 5. The van der Waals surface area contributed by atoms with Gasteiger partial charge in [0.15, 0.2) is 0 Å². The number of aryl methyl sites for hydroxylation is 1. The van der Waals surface area contributed by atoms with Gasteiger partial charge in [-0.1, -0.05) is 6.07 Å². The molecular formula is C20H27N5O2S. The Hall–Kier alpha value is -2.45. The molecule has 0 saturated carbocycles. The van der Waals surface area contributed by atoms with Crippen molar-refractivity contribution in [3.05, 3.63) is 36.5 Å². The topological polar surface area (TPSA) is 71.3 Å². The summed E-state index contributed by atoms with van der Waals surface area (Å²) in [6.45, 7) is 2.00. The highest BCUT2D eigenvalue weighted by Gasteiger charge is 2.16. The maximum atomic E-state index is 12.0. The zero-order valence-corrected chi connectivity index (χ0v) is 17.9. The Balaban J connectivity index is 1.99. The van der Waals surface area contributed by atoms with Crippen molar-refractivity contribution in [2.75, 3.05) is 45.9 Å². The number of anilines is 1. The molecule has 2 aromatic heterocycles. The van der Waals surface area contributed by atoms with E-state index in [4.69, 9.17) is 0 Å². The van der Waals surface area contributed by atoms with Gasteiger partial charge in [-0.05, 0) is 45.3 Å². The van der Waals surface area contributed by atoms with Gasteiger partial charge in [0.25, 0.3) is 0 Å². The van der Waals surface area contributed by atoms with Crippen LogP contribution in [0.5, 0.6) is 0 Å². The first kappa shape index (κ1) is 20.3. The summed E-state index contributed by atoms with van der Waals surface area (Å²) < 4.78 is 26.3. The van der Waals surface area contributed by atoms with Crippen molar-refractivity contribution in [2.24, 2.45) is 0 Å². The molecule has 0 bridgehead atoms. The highest BCUT2D eigenvalue weighted by molar-refractivity contribution is 7.90. The molecule has 0 radical (unpaired) electrons. The second-order valence-electron chi connectivity index (χ2n) is 7.50. The molecular weight excluding hydrogens is 374 g/mol. The first-order chi connectivity index (χ1) is 13.1. The van der Waals surface area contributed by atoms with Crippen LogP contribution < -0.4 is 4.90 Å². The van der Waals surface area contributed by atoms with Gasteiger partial charge >= 0.3 is 0 Å². The molecule has 150 valence electrons. The lowest BCUT2D eigenvalue weighted by molar-refractivity contribution is 0.388. The van der Waals surface area contributed by atoms with Crippen LogP contribution in [0.25, 0.3) is 22.2 Å². The van der Waals surface area contributed by atoms with E-state index in [1.165, 1.54) is 0 Å². The van der Waals surface area contributed by atoms with Gasteiger partial charge in [0, 0.05) is 55.6 Å². The van der Waals surface area contributed by atoms with Crippen LogP contribution in [0.15, 0.2) is 41.7 Å². The molecule has 7 nitrogen and oxygen atoms in total. The Bertz CT molecular complexity index is 1090. The number of rotatable bonds is 7. The molecule has 0 amide bonds. The monoisotopic (exact) mass is 401 g/mol. The summed E-state index contributed by atoms with van der Waals surface area (Å²) in [5.41, 5.74) is 2.63. The number of sulfone groups is 1. The first-order valence-corrected chi connectivity index (χ1v) is 11.0. The van der Waals surface area contributed by atoms with Crippen molar-refractivity contribution >= 4 is 26.6 Å². The minimum absolute atomic E-state index is 0.157. The number of hydrogen-bond acceptors (Lipinski definition) is 6. The minimum Gasteiger partial charge on any atom is -0.363 e. The lowest BCUT2D eigenvalue weighted by atomic mass is 10.1. The van der Waals surface area contributed by atoms with Crippen molar-refractivity contribution in [1.82, 2.24) is 19.4 Å². The fraction of sp³-hybridized carbons (Fsp3) is 0.400. The lowest BCUT2D eigenvalue weighted by Gasteiger charge is -2.14. The van der Waals surface area contributed by atoms with Gasteiger partial charge in [-0.3, -0.25) is 0 Å². The maximum Gasteiger partial charge on any atom is 0.249 e. The number of aromatic nitrogens is 3. The van der Waals surface area contributed by atoms with Gasteiger partial charge in [0.1, 0.15) is 5.82 Å². The second kappa shape index (κ2) is 7.89. The Morgan fingerprint density at radius 2 is 1.79 bits per heavy atom. The summed E-state index contributed by atoms with van der Waals surface area (Å²) in [5, 5.41) is 0.948. The van der Waals surface area contributed by atoms with E-state index in [9.17, 15) is 8.42 Å². The predicted octanol–water partition coefficient (Wildman–Crippen LogP) is 2.52. The van der Waals surface area contributed by atoms with Gasteiger partial charge in [0.2, 0.25) is 15.0 Å². The van der Waals surface area contributed by atoms with E-state index in [1.54, 1.807) is 4.90 Å². The molecule has 2 heterocycles. The average molecular weight is 402 g/mol. The third-order valence-electron chi connectivity index (χ3n) is 4.55. The van der Waals surface area contributed by atoms with Gasteiger partial charge in [-0.25, -0.2) is 18.4 Å². The summed E-state index contributed by atoms with van der Waals surface area (Å²) >= 11 is 0. The quantitative estimate of drug-likeness (QED) is 0.567. The molecule has 0 spiro atoms. The van der Waals surface area contributed by atoms with Crippen LogP contribution in [0.2, 0.25) is 0 Å². The molecule has 3 rings (SSSR count). The van der Waals surface area contributed by atoms with Crippen molar-refractivity contribution in [2.45, 2.75) is 18.1 Å². The average Bonchev–Trinajstić information content (AvgIpc) is 3.02. The van der Waals surface area contributed by atoms with Gasteiger partial charge < -0.3 is 14.4 Å². The lowest BCUT2D eigenvalue weighted by Crippen LogP contribution is -2.14. The molecule has 8 heteroatoms. The highest BCUT2D eigenvalue weighted by atomic mass is 32.2. The van der Waals surface area contributed by atoms with Crippen LogP contribution in [0.1, 0.15) is 6.42 Å². The molecule has 0 atom stereocenters. The van der Waals surface area contributed by atoms with Crippen LogP contribution >= 0.6 is 0 Å². The third-order valence-corrected chi connectivity index (χ3v) is 5.40. The van der Waals surface area contributed by atoms with E-state index in [2.05, 4.69) is 51.9 Å². The number of fused-ring (bicyclic) bond motifs is 1. The van der Waals surface area contributed by atoms with Gasteiger partial charge in [0.05, 0.1) is 5.69 Å². The first-order valence-electron chi connectivity index (χ1n) is 9.15. The largest absolute Gasteiger partial charge is 0.363 e. The Morgan fingerprint density at radius 3 is 2.43 bits per heavy atom. The fourth-order valence-electron chi connectivity index (χ4n) is 3.07. The van der Waals surface area contributed by atoms with Crippen LogP contribution in [-0.4, -0.2) is 68.8 Å². The maximum absolute atomic E-state index is 12.0. The van der Waals surface area contributed by atoms with Crippen LogP contribution in [-0.2, 0) is 16.4 Å². The van der Waals surface area contributed by atoms with Crippen LogP contribution in [0, 0.1) is 0 Å². The van der Waals surface area contributed by atoms with Crippen LogP contribution in [0.3, 0.4) is 0 Å². The molecule has 0 unspecified atom stereocenters. The highest BCUT2D eigenvalue weighted by Crippen LogP contribution is 2.27. The van der Waals surface area contributed by atoms with Crippen molar-refractivity contribution in [1.29, 1.82) is 0 Å². The Kier molecular flexibility index (Phi) is 5.71. The zero-order valence-electron chi connectivity index (χ0n) is 17.0. The van der Waals surface area contributed by atoms with Crippen molar-refractivity contribution < 1.29 is 8.42 Å². The SMILES string of the molecule is CN(C)CCCn1ccc2cc(-c3cc(N(C)C)nc(S(C)(=O)=O)n3)ccc21. The summed E-state index contributed by atoms with van der Waals surface area (Å²) in [6.07, 6.45) is 4.30. The molecule has 0 aliphatic rings. The third kappa shape index (κ3) is 4.51. The number of benzene rings is 1. The smallest absolute Gasteiger partial charge is 0.249 e. The molecule has 0 saturated heterocycles. The number of hydrogen-bond donors (Lipinski definition) is 0. The van der Waals surface area contributed by atoms with Crippen molar-refractivity contribution in [3.8, 4) is 11.3 Å². The molecule has 3 aromatic rings. The van der Waals surface area contributed by atoms with E-state index in [0.717, 1.165) is 42.2 Å². The van der Waals surface area contributed by atoms with E-state index in [0.29, 0.717) is 11.5 Å². The zero-order chi connectivity index (χ0) is 20.5. The molecule has 0 N–H and O–H groups in total. The summed E-state index contributed by atoms with van der Waals surface area (Å²) in [7, 11) is 4.31. The normalized spacial score (nSPS) is 12.1. The standard InChI is InChI=1S/C20H27N5O2S/c1-23(2)10-6-11-25-12-9-16-13-15(7-8-18(16)25)17-14-19(24(3)4)22-20(21-17)28(5,26)27/h7-9,12-14H,6,10-11H2,1-5H3. The second-order valence-corrected chi connectivity index (χ2v) is 9.41. The molecule has 0 aliphatic heterocycles. The molecule has 28 heavy (non-hydrogen) atoms. The molecule has 0 aliphatic carbocycles. The van der Waals surface area contributed by atoms with E-state index in [1.807, 2.05) is 32.3 Å². The van der Waals surface area contributed by atoms with Gasteiger partial charge in [-0.2, -0.15) is 0 Å². The summed E-state index contributed by atoms with van der Waals surface area (Å²) in [6, 6.07) is 9.99. The fourth-order valence-corrected chi connectivity index (χ4v) is 3.59. The van der Waals surface area contributed by atoms with Crippen LogP contribution in [0.4, 0.5) is 5.82 Å². The minimum atomic E-state index is -3.50.